The van der Waals surface area contributed by atoms with Gasteiger partial charge in [0.1, 0.15) is 5.60 Å². The van der Waals surface area contributed by atoms with Crippen LogP contribution in [0, 0.1) is 0 Å². The van der Waals surface area contributed by atoms with Crippen molar-refractivity contribution in [3.63, 3.8) is 0 Å². The maximum atomic E-state index is 11.6. The molecule has 0 atom stereocenters. The van der Waals surface area contributed by atoms with E-state index in [-0.39, 0.29) is 0 Å². The van der Waals surface area contributed by atoms with Crippen LogP contribution in [0.1, 0.15) is 20.8 Å². The maximum absolute atomic E-state index is 11.6. The van der Waals surface area contributed by atoms with Crippen molar-refractivity contribution in [2.75, 3.05) is 10.6 Å². The Labute approximate surface area is 119 Å². The van der Waals surface area contributed by atoms with Crippen LogP contribution in [0.25, 0.3) is 0 Å². The highest BCUT2D eigenvalue weighted by Crippen LogP contribution is 2.26. The molecular weight excluding hydrogens is 316 g/mol. The van der Waals surface area contributed by atoms with E-state index in [0.29, 0.717) is 15.8 Å². The summed E-state index contributed by atoms with van der Waals surface area (Å²) in [6.07, 6.45) is -1.73. The standard InChI is InChI=1S/C12H15BrN2O4/c1-12(2,3)19-11(18)15-9-5-4-7(6-8(9)13)14-10(16)17/h4-6,14H,1-3H3,(H,15,18)(H,16,17). The van der Waals surface area contributed by atoms with Crippen molar-refractivity contribution < 1.29 is 19.4 Å². The number of halogens is 1. The maximum Gasteiger partial charge on any atom is 0.412 e. The third-order valence-electron chi connectivity index (χ3n) is 1.86. The molecule has 0 bridgehead atoms. The van der Waals surface area contributed by atoms with Crippen LogP contribution in [0.15, 0.2) is 22.7 Å². The second kappa shape index (κ2) is 5.92. The second-order valence-corrected chi connectivity index (χ2v) is 5.61. The molecule has 2 amide bonds. The van der Waals surface area contributed by atoms with Gasteiger partial charge in [-0.3, -0.25) is 10.6 Å². The van der Waals surface area contributed by atoms with Crippen molar-refractivity contribution in [3.05, 3.63) is 22.7 Å². The zero-order chi connectivity index (χ0) is 14.6. The first-order valence-corrected chi connectivity index (χ1v) is 6.26. The molecule has 0 heterocycles. The molecule has 0 radical (unpaired) electrons. The van der Waals surface area contributed by atoms with Gasteiger partial charge in [-0.25, -0.2) is 9.59 Å². The van der Waals surface area contributed by atoms with Gasteiger partial charge in [0.05, 0.1) is 5.69 Å². The van der Waals surface area contributed by atoms with E-state index in [9.17, 15) is 9.59 Å². The minimum atomic E-state index is -1.15. The summed E-state index contributed by atoms with van der Waals surface area (Å²) in [6.45, 7) is 5.30. The Morgan fingerprint density at radius 1 is 1.26 bits per heavy atom. The third-order valence-corrected chi connectivity index (χ3v) is 2.51. The number of anilines is 2. The molecule has 0 aliphatic carbocycles. The second-order valence-electron chi connectivity index (χ2n) is 4.75. The molecule has 3 N–H and O–H groups in total. The summed E-state index contributed by atoms with van der Waals surface area (Å²) in [7, 11) is 0. The van der Waals surface area contributed by atoms with Gasteiger partial charge in [-0.1, -0.05) is 0 Å². The van der Waals surface area contributed by atoms with E-state index in [2.05, 4.69) is 26.6 Å². The number of ether oxygens (including phenoxy) is 1. The van der Waals surface area contributed by atoms with Gasteiger partial charge in [0.15, 0.2) is 0 Å². The van der Waals surface area contributed by atoms with Crippen LogP contribution in [-0.4, -0.2) is 22.9 Å². The highest BCUT2D eigenvalue weighted by Gasteiger charge is 2.17. The molecule has 0 saturated carbocycles. The molecule has 1 aromatic rings. The van der Waals surface area contributed by atoms with Crippen LogP contribution in [0.3, 0.4) is 0 Å². The van der Waals surface area contributed by atoms with Gasteiger partial charge < -0.3 is 9.84 Å². The van der Waals surface area contributed by atoms with Gasteiger partial charge in [-0.2, -0.15) is 0 Å². The van der Waals surface area contributed by atoms with E-state index in [1.54, 1.807) is 32.9 Å². The summed E-state index contributed by atoms with van der Waals surface area (Å²) >= 11 is 3.24. The molecule has 0 spiro atoms. The Hall–Kier alpha value is -1.76. The van der Waals surface area contributed by atoms with E-state index in [4.69, 9.17) is 9.84 Å². The SMILES string of the molecule is CC(C)(C)OC(=O)Nc1ccc(NC(=O)O)cc1Br. The highest BCUT2D eigenvalue weighted by molar-refractivity contribution is 9.10. The van der Waals surface area contributed by atoms with Crippen LogP contribution < -0.4 is 10.6 Å². The fourth-order valence-electron chi connectivity index (χ4n) is 1.23. The van der Waals surface area contributed by atoms with Crippen molar-refractivity contribution in [1.29, 1.82) is 0 Å². The Kier molecular flexibility index (Phi) is 4.77. The molecule has 104 valence electrons. The molecule has 0 aliphatic rings. The largest absolute Gasteiger partial charge is 0.465 e. The van der Waals surface area contributed by atoms with E-state index in [1.807, 2.05) is 0 Å². The van der Waals surface area contributed by atoms with E-state index in [1.165, 1.54) is 6.07 Å². The molecule has 0 aliphatic heterocycles. The Morgan fingerprint density at radius 3 is 2.37 bits per heavy atom. The number of rotatable bonds is 2. The summed E-state index contributed by atoms with van der Waals surface area (Å²) in [4.78, 5) is 22.1. The van der Waals surface area contributed by atoms with Crippen molar-refractivity contribution >= 4 is 39.5 Å². The lowest BCUT2D eigenvalue weighted by atomic mass is 10.2. The monoisotopic (exact) mass is 330 g/mol. The first kappa shape index (κ1) is 15.3. The number of hydrogen-bond acceptors (Lipinski definition) is 3. The van der Waals surface area contributed by atoms with Crippen LogP contribution >= 0.6 is 15.9 Å². The van der Waals surface area contributed by atoms with Gasteiger partial charge >= 0.3 is 12.2 Å². The average Bonchev–Trinajstić information content (AvgIpc) is 2.18. The van der Waals surface area contributed by atoms with Gasteiger partial charge in [0, 0.05) is 10.2 Å². The fraction of sp³-hybridized carbons (Fsp3) is 0.333. The van der Waals surface area contributed by atoms with Gasteiger partial charge in [0.2, 0.25) is 0 Å². The molecule has 1 rings (SSSR count). The van der Waals surface area contributed by atoms with E-state index >= 15 is 0 Å². The zero-order valence-corrected chi connectivity index (χ0v) is 12.4. The molecular formula is C12H15BrN2O4. The number of benzene rings is 1. The van der Waals surface area contributed by atoms with Crippen LogP contribution in [0.2, 0.25) is 0 Å². The summed E-state index contributed by atoms with van der Waals surface area (Å²) in [5.41, 5.74) is 0.306. The molecule has 0 unspecified atom stereocenters. The molecule has 7 heteroatoms. The normalized spacial score (nSPS) is 10.7. The van der Waals surface area contributed by atoms with Crippen molar-refractivity contribution in [2.45, 2.75) is 26.4 Å². The lowest BCUT2D eigenvalue weighted by Gasteiger charge is -2.20. The minimum absolute atomic E-state index is 0.397. The van der Waals surface area contributed by atoms with Crippen LogP contribution in [0.4, 0.5) is 21.0 Å². The highest BCUT2D eigenvalue weighted by atomic mass is 79.9. The van der Waals surface area contributed by atoms with Crippen molar-refractivity contribution in [2.24, 2.45) is 0 Å². The van der Waals surface area contributed by atoms with Crippen LogP contribution in [0.5, 0.6) is 0 Å². The first-order valence-electron chi connectivity index (χ1n) is 5.47. The minimum Gasteiger partial charge on any atom is -0.465 e. The first-order chi connectivity index (χ1) is 8.67. The van der Waals surface area contributed by atoms with E-state index in [0.717, 1.165) is 0 Å². The van der Waals surface area contributed by atoms with Crippen LogP contribution in [-0.2, 0) is 4.74 Å². The van der Waals surface area contributed by atoms with E-state index < -0.39 is 17.8 Å². The summed E-state index contributed by atoms with van der Waals surface area (Å²) < 4.78 is 5.66. The van der Waals surface area contributed by atoms with Crippen molar-refractivity contribution in [3.8, 4) is 0 Å². The van der Waals surface area contributed by atoms with Gasteiger partial charge in [-0.15, -0.1) is 0 Å². The predicted molar refractivity (Wildman–Crippen MR) is 75.6 cm³/mol. The zero-order valence-electron chi connectivity index (χ0n) is 10.8. The average molecular weight is 331 g/mol. The number of amides is 2. The lowest BCUT2D eigenvalue weighted by molar-refractivity contribution is 0.0635. The Balaban J connectivity index is 2.75. The topological polar surface area (TPSA) is 87.7 Å². The molecule has 0 saturated heterocycles. The number of hydrogen-bond donors (Lipinski definition) is 3. The summed E-state index contributed by atoms with van der Waals surface area (Å²) in [6, 6.07) is 4.64. The number of carbonyl (C=O) groups excluding carboxylic acids is 1. The van der Waals surface area contributed by atoms with Gasteiger partial charge in [-0.05, 0) is 54.9 Å². The third kappa shape index (κ3) is 5.60. The summed E-state index contributed by atoms with van der Waals surface area (Å²) in [5.74, 6) is 0. The quantitative estimate of drug-likeness (QED) is 0.767. The Bertz CT molecular complexity index is 497. The molecule has 19 heavy (non-hydrogen) atoms. The lowest BCUT2D eigenvalue weighted by Crippen LogP contribution is -2.27. The van der Waals surface area contributed by atoms with Crippen molar-refractivity contribution in [1.82, 2.24) is 0 Å². The molecule has 0 fully saturated rings. The number of carboxylic acid groups (broad SMARTS) is 1. The fourth-order valence-corrected chi connectivity index (χ4v) is 1.71. The Morgan fingerprint density at radius 2 is 1.89 bits per heavy atom. The number of carbonyl (C=O) groups is 2. The molecule has 0 aromatic heterocycles. The predicted octanol–water partition coefficient (Wildman–Crippen LogP) is 3.89. The van der Waals surface area contributed by atoms with Gasteiger partial charge in [0.25, 0.3) is 0 Å². The smallest absolute Gasteiger partial charge is 0.412 e. The number of nitrogens with one attached hydrogen (secondary N) is 2. The summed E-state index contributed by atoms with van der Waals surface area (Å²) in [5, 5.41) is 13.4. The molecule has 6 nitrogen and oxygen atoms in total. The molecule has 1 aromatic carbocycles.